The lowest BCUT2D eigenvalue weighted by Crippen LogP contribution is -2.11. The summed E-state index contributed by atoms with van der Waals surface area (Å²) in [5, 5.41) is 4.24. The van der Waals surface area contributed by atoms with E-state index in [4.69, 9.17) is 11.6 Å². The number of hydrogen-bond donors (Lipinski definition) is 0. The van der Waals surface area contributed by atoms with E-state index in [1.807, 2.05) is 20.8 Å². The molecule has 0 fully saturated rings. The predicted octanol–water partition coefficient (Wildman–Crippen LogP) is 4.65. The number of aryl methyl sites for hydroxylation is 2. The summed E-state index contributed by atoms with van der Waals surface area (Å²) in [5.41, 5.74) is 2.84. The lowest BCUT2D eigenvalue weighted by Gasteiger charge is -2.10. The molecule has 1 aromatic heterocycles. The normalized spacial score (nSPS) is 13.8. The third-order valence-electron chi connectivity index (χ3n) is 3.07. The SMILES string of the molecule is CCc1nn(CCCC(F)(F)F)c(CC)c1C(C)Cl. The second-order valence-electron chi connectivity index (χ2n) is 4.57. The van der Waals surface area contributed by atoms with Crippen LogP contribution in [0.1, 0.15) is 55.9 Å². The van der Waals surface area contributed by atoms with Gasteiger partial charge in [0.25, 0.3) is 0 Å². The molecule has 0 aliphatic heterocycles. The van der Waals surface area contributed by atoms with E-state index in [1.54, 1.807) is 4.68 Å². The van der Waals surface area contributed by atoms with Crippen molar-refractivity contribution >= 4 is 11.6 Å². The highest BCUT2D eigenvalue weighted by molar-refractivity contribution is 6.20. The fourth-order valence-electron chi connectivity index (χ4n) is 2.27. The highest BCUT2D eigenvalue weighted by atomic mass is 35.5. The molecule has 0 aromatic carbocycles. The first-order valence-corrected chi connectivity index (χ1v) is 7.03. The molecule has 1 rings (SSSR count). The average Bonchev–Trinajstić information content (AvgIpc) is 2.65. The maximum absolute atomic E-state index is 12.2. The van der Waals surface area contributed by atoms with E-state index in [9.17, 15) is 13.2 Å². The molecular weight excluding hydrogens is 277 g/mol. The Bertz CT molecular complexity index is 411. The molecule has 110 valence electrons. The molecular formula is C13H20ClF3N2. The number of hydrogen-bond acceptors (Lipinski definition) is 1. The first kappa shape index (κ1) is 16.3. The van der Waals surface area contributed by atoms with E-state index in [2.05, 4.69) is 5.10 Å². The lowest BCUT2D eigenvalue weighted by atomic mass is 10.1. The number of nitrogens with zero attached hydrogens (tertiary/aromatic N) is 2. The third-order valence-corrected chi connectivity index (χ3v) is 3.29. The van der Waals surface area contributed by atoms with Gasteiger partial charge in [-0.15, -0.1) is 11.6 Å². The van der Waals surface area contributed by atoms with Gasteiger partial charge in [0.15, 0.2) is 0 Å². The highest BCUT2D eigenvalue weighted by Crippen LogP contribution is 2.29. The minimum absolute atomic E-state index is 0.0530. The zero-order valence-electron chi connectivity index (χ0n) is 11.5. The molecule has 2 nitrogen and oxygen atoms in total. The fraction of sp³-hybridized carbons (Fsp3) is 0.769. The average molecular weight is 297 g/mol. The summed E-state index contributed by atoms with van der Waals surface area (Å²) in [6.45, 7) is 6.11. The number of rotatable bonds is 6. The molecule has 0 saturated carbocycles. The van der Waals surface area contributed by atoms with Crippen LogP contribution in [0, 0.1) is 0 Å². The quantitative estimate of drug-likeness (QED) is 0.699. The molecule has 0 radical (unpaired) electrons. The third kappa shape index (κ3) is 4.41. The summed E-state index contributed by atoms with van der Waals surface area (Å²) in [5.74, 6) is 0. The summed E-state index contributed by atoms with van der Waals surface area (Å²) in [7, 11) is 0. The van der Waals surface area contributed by atoms with E-state index < -0.39 is 12.6 Å². The van der Waals surface area contributed by atoms with E-state index in [0.717, 1.165) is 29.8 Å². The van der Waals surface area contributed by atoms with Crippen LogP contribution >= 0.6 is 11.6 Å². The maximum Gasteiger partial charge on any atom is 0.389 e. The van der Waals surface area contributed by atoms with Crippen LogP contribution in [0.15, 0.2) is 0 Å². The monoisotopic (exact) mass is 296 g/mol. The van der Waals surface area contributed by atoms with Crippen molar-refractivity contribution in [3.63, 3.8) is 0 Å². The molecule has 0 aliphatic carbocycles. The summed E-state index contributed by atoms with van der Waals surface area (Å²) in [6.07, 6.45) is -3.35. The number of alkyl halides is 4. The van der Waals surface area contributed by atoms with Crippen molar-refractivity contribution in [2.75, 3.05) is 0 Å². The van der Waals surface area contributed by atoms with Crippen molar-refractivity contribution in [3.8, 4) is 0 Å². The molecule has 1 aromatic rings. The largest absolute Gasteiger partial charge is 0.389 e. The Labute approximate surface area is 116 Å². The van der Waals surface area contributed by atoms with Crippen LogP contribution in [0.25, 0.3) is 0 Å². The minimum atomic E-state index is -4.10. The van der Waals surface area contributed by atoms with Crippen molar-refractivity contribution in [2.24, 2.45) is 0 Å². The lowest BCUT2D eigenvalue weighted by molar-refractivity contribution is -0.136. The van der Waals surface area contributed by atoms with Gasteiger partial charge in [-0.25, -0.2) is 0 Å². The Hall–Kier alpha value is -0.710. The van der Waals surface area contributed by atoms with Crippen molar-refractivity contribution in [3.05, 3.63) is 17.0 Å². The van der Waals surface area contributed by atoms with Gasteiger partial charge >= 0.3 is 6.18 Å². The minimum Gasteiger partial charge on any atom is -0.269 e. The van der Waals surface area contributed by atoms with Gasteiger partial charge in [-0.1, -0.05) is 13.8 Å². The number of aromatic nitrogens is 2. The first-order valence-electron chi connectivity index (χ1n) is 6.59. The second kappa shape index (κ2) is 6.64. The predicted molar refractivity (Wildman–Crippen MR) is 70.5 cm³/mol. The van der Waals surface area contributed by atoms with Crippen LogP contribution in [0.3, 0.4) is 0 Å². The highest BCUT2D eigenvalue weighted by Gasteiger charge is 2.26. The summed E-state index contributed by atoms with van der Waals surface area (Å²) >= 11 is 6.16. The molecule has 0 spiro atoms. The van der Waals surface area contributed by atoms with Crippen LogP contribution in [-0.2, 0) is 19.4 Å². The molecule has 1 unspecified atom stereocenters. The number of halogens is 4. The van der Waals surface area contributed by atoms with Crippen molar-refractivity contribution in [1.82, 2.24) is 9.78 Å². The van der Waals surface area contributed by atoms with Crippen LogP contribution < -0.4 is 0 Å². The molecule has 6 heteroatoms. The Morgan fingerprint density at radius 3 is 2.32 bits per heavy atom. The second-order valence-corrected chi connectivity index (χ2v) is 5.23. The van der Waals surface area contributed by atoms with Gasteiger partial charge in [0, 0.05) is 24.2 Å². The molecule has 1 heterocycles. The van der Waals surface area contributed by atoms with E-state index in [-0.39, 0.29) is 11.8 Å². The Morgan fingerprint density at radius 1 is 1.26 bits per heavy atom. The van der Waals surface area contributed by atoms with Crippen molar-refractivity contribution in [2.45, 2.75) is 64.6 Å². The zero-order chi connectivity index (χ0) is 14.6. The maximum atomic E-state index is 12.2. The molecule has 1 atom stereocenters. The van der Waals surface area contributed by atoms with Crippen molar-refractivity contribution < 1.29 is 13.2 Å². The van der Waals surface area contributed by atoms with Gasteiger partial charge in [-0.05, 0) is 26.2 Å². The zero-order valence-corrected chi connectivity index (χ0v) is 12.3. The Balaban J connectivity index is 2.89. The van der Waals surface area contributed by atoms with E-state index >= 15 is 0 Å². The Morgan fingerprint density at radius 2 is 1.89 bits per heavy atom. The topological polar surface area (TPSA) is 17.8 Å². The van der Waals surface area contributed by atoms with Gasteiger partial charge in [0.1, 0.15) is 0 Å². The molecule has 0 amide bonds. The van der Waals surface area contributed by atoms with E-state index in [0.29, 0.717) is 6.54 Å². The molecule has 0 aliphatic rings. The van der Waals surface area contributed by atoms with Gasteiger partial charge in [-0.2, -0.15) is 18.3 Å². The Kier molecular flexibility index (Phi) is 5.71. The molecule has 19 heavy (non-hydrogen) atoms. The van der Waals surface area contributed by atoms with E-state index in [1.165, 1.54) is 0 Å². The smallest absolute Gasteiger partial charge is 0.269 e. The van der Waals surface area contributed by atoms with Gasteiger partial charge in [0.05, 0.1) is 11.1 Å². The van der Waals surface area contributed by atoms with Gasteiger partial charge in [-0.3, -0.25) is 4.68 Å². The molecule has 0 N–H and O–H groups in total. The summed E-state index contributed by atoms with van der Waals surface area (Å²) < 4.78 is 38.2. The van der Waals surface area contributed by atoms with Crippen LogP contribution in [0.4, 0.5) is 13.2 Å². The van der Waals surface area contributed by atoms with Crippen LogP contribution in [-0.4, -0.2) is 16.0 Å². The molecule has 0 saturated heterocycles. The standard InChI is InChI=1S/C13H20ClF3N2/c1-4-10-12(9(3)14)11(5-2)19(18-10)8-6-7-13(15,16)17/h9H,4-8H2,1-3H3. The van der Waals surface area contributed by atoms with Gasteiger partial charge in [0.2, 0.25) is 0 Å². The van der Waals surface area contributed by atoms with Crippen LogP contribution in [0.2, 0.25) is 0 Å². The molecule has 0 bridgehead atoms. The first-order chi connectivity index (χ1) is 8.80. The van der Waals surface area contributed by atoms with Crippen LogP contribution in [0.5, 0.6) is 0 Å². The van der Waals surface area contributed by atoms with Gasteiger partial charge < -0.3 is 0 Å². The summed E-state index contributed by atoms with van der Waals surface area (Å²) in [6, 6.07) is 0. The summed E-state index contributed by atoms with van der Waals surface area (Å²) in [4.78, 5) is 0. The van der Waals surface area contributed by atoms with Crippen molar-refractivity contribution in [1.29, 1.82) is 0 Å². The fourth-order valence-corrected chi connectivity index (χ4v) is 2.52.